The van der Waals surface area contributed by atoms with Gasteiger partial charge in [-0.3, -0.25) is 0 Å². The van der Waals surface area contributed by atoms with Gasteiger partial charge < -0.3 is 0 Å². The van der Waals surface area contributed by atoms with Crippen molar-refractivity contribution in [1.29, 1.82) is 5.26 Å². The summed E-state index contributed by atoms with van der Waals surface area (Å²) in [5, 5.41) is 8.62. The van der Waals surface area contributed by atoms with Gasteiger partial charge >= 0.3 is 0 Å². The van der Waals surface area contributed by atoms with Crippen LogP contribution in [0.2, 0.25) is 0 Å². The molecule has 10 heavy (non-hydrogen) atoms. The summed E-state index contributed by atoms with van der Waals surface area (Å²) in [5.41, 5.74) is -0.707. The van der Waals surface area contributed by atoms with E-state index in [1.54, 1.807) is 0 Å². The molecule has 0 amide bonds. The van der Waals surface area contributed by atoms with Gasteiger partial charge in [-0.25, -0.2) is 4.79 Å². The topological polar surface area (TPSA) is 53.2 Å². The molecule has 0 saturated heterocycles. The average molecular weight is 136 g/mol. The van der Waals surface area contributed by atoms with E-state index in [4.69, 9.17) is 5.26 Å². The van der Waals surface area contributed by atoms with Crippen LogP contribution in [0.25, 0.3) is 0 Å². The van der Waals surface area contributed by atoms with Crippen LogP contribution < -0.4 is 0 Å². The lowest BCUT2D eigenvalue weighted by Gasteiger charge is -2.09. The summed E-state index contributed by atoms with van der Waals surface area (Å²) in [6, 6.07) is 2.05. The third-order valence-corrected chi connectivity index (χ3v) is 1.90. The minimum atomic E-state index is -0.707. The highest BCUT2D eigenvalue weighted by Gasteiger charge is 2.33. The Labute approximate surface area is 59.4 Å². The summed E-state index contributed by atoms with van der Waals surface area (Å²) in [7, 11) is 0. The highest BCUT2D eigenvalue weighted by Crippen LogP contribution is 2.31. The molecule has 1 aliphatic rings. The highest BCUT2D eigenvalue weighted by atomic mass is 16.1. The largest absolute Gasteiger partial charge is 0.236 e. The van der Waals surface area contributed by atoms with E-state index < -0.39 is 5.54 Å². The molecule has 0 aliphatic heterocycles. The van der Waals surface area contributed by atoms with E-state index in [1.807, 2.05) is 6.07 Å². The highest BCUT2D eigenvalue weighted by molar-refractivity contribution is 5.37. The molecule has 0 N–H and O–H groups in total. The molecule has 0 atom stereocenters. The Bertz CT molecular complexity index is 204. The number of isocyanates is 1. The minimum Gasteiger partial charge on any atom is -0.211 e. The second kappa shape index (κ2) is 2.64. The van der Waals surface area contributed by atoms with Crippen LogP contribution in [0, 0.1) is 11.3 Å². The first-order valence-electron chi connectivity index (χ1n) is 3.33. The minimum absolute atomic E-state index is 0.707. The maximum Gasteiger partial charge on any atom is 0.236 e. The molecule has 0 aromatic heterocycles. The predicted molar refractivity (Wildman–Crippen MR) is 34.9 cm³/mol. The number of hydrogen-bond donors (Lipinski definition) is 0. The normalized spacial score (nSPS) is 21.1. The molecule has 0 bridgehead atoms. The van der Waals surface area contributed by atoms with Crippen LogP contribution in [0.1, 0.15) is 25.7 Å². The molecule has 0 unspecified atom stereocenters. The molecular weight excluding hydrogens is 128 g/mol. The molecular formula is C7H8N2O. The Balaban J connectivity index is 2.79. The molecule has 1 fully saturated rings. The quantitative estimate of drug-likeness (QED) is 0.401. The van der Waals surface area contributed by atoms with E-state index in [1.165, 1.54) is 6.08 Å². The van der Waals surface area contributed by atoms with E-state index in [0.717, 1.165) is 25.7 Å². The van der Waals surface area contributed by atoms with Gasteiger partial charge in [0.15, 0.2) is 5.54 Å². The number of nitriles is 1. The van der Waals surface area contributed by atoms with E-state index in [9.17, 15) is 4.79 Å². The van der Waals surface area contributed by atoms with Gasteiger partial charge in [0, 0.05) is 0 Å². The van der Waals surface area contributed by atoms with Crippen molar-refractivity contribution >= 4 is 6.08 Å². The van der Waals surface area contributed by atoms with Crippen molar-refractivity contribution in [1.82, 2.24) is 0 Å². The lowest BCUT2D eigenvalue weighted by molar-refractivity contribution is 0.529. The zero-order valence-corrected chi connectivity index (χ0v) is 5.63. The molecule has 1 rings (SSSR count). The lowest BCUT2D eigenvalue weighted by Crippen LogP contribution is -2.17. The molecule has 52 valence electrons. The van der Waals surface area contributed by atoms with Gasteiger partial charge in [0.2, 0.25) is 6.08 Å². The van der Waals surface area contributed by atoms with Crippen molar-refractivity contribution in [2.45, 2.75) is 31.2 Å². The van der Waals surface area contributed by atoms with Crippen molar-refractivity contribution in [2.24, 2.45) is 4.99 Å². The van der Waals surface area contributed by atoms with E-state index in [-0.39, 0.29) is 0 Å². The van der Waals surface area contributed by atoms with Gasteiger partial charge in [0.1, 0.15) is 0 Å². The van der Waals surface area contributed by atoms with Gasteiger partial charge in [0.25, 0.3) is 0 Å². The number of nitrogens with zero attached hydrogens (tertiary/aromatic N) is 2. The molecule has 1 aliphatic carbocycles. The van der Waals surface area contributed by atoms with Crippen molar-refractivity contribution in [3.05, 3.63) is 0 Å². The number of hydrogen-bond acceptors (Lipinski definition) is 3. The first-order chi connectivity index (χ1) is 4.83. The molecule has 3 nitrogen and oxygen atoms in total. The van der Waals surface area contributed by atoms with E-state index >= 15 is 0 Å². The second-order valence-corrected chi connectivity index (χ2v) is 2.55. The number of carbonyl (C=O) groups excluding carboxylic acids is 1. The SMILES string of the molecule is N#CC1(N=C=O)CCCC1. The molecule has 1 saturated carbocycles. The average Bonchev–Trinajstić information content (AvgIpc) is 2.39. The van der Waals surface area contributed by atoms with Gasteiger partial charge in [-0.15, -0.1) is 0 Å². The predicted octanol–water partition coefficient (Wildman–Crippen LogP) is 1.16. The summed E-state index contributed by atoms with van der Waals surface area (Å²) in [5.74, 6) is 0. The van der Waals surface area contributed by atoms with Gasteiger partial charge in [-0.1, -0.05) is 0 Å². The standard InChI is InChI=1S/C7H8N2O/c8-5-7(9-6-10)3-1-2-4-7/h1-4H2. The van der Waals surface area contributed by atoms with Crippen LogP contribution in [0.15, 0.2) is 4.99 Å². The zero-order valence-electron chi connectivity index (χ0n) is 5.63. The molecule has 3 heteroatoms. The number of aliphatic imine (C=N–C) groups is 1. The Morgan fingerprint density at radius 1 is 1.40 bits per heavy atom. The van der Waals surface area contributed by atoms with Gasteiger partial charge in [0.05, 0.1) is 6.07 Å². The van der Waals surface area contributed by atoms with E-state index in [2.05, 4.69) is 4.99 Å². The van der Waals surface area contributed by atoms with Crippen molar-refractivity contribution in [2.75, 3.05) is 0 Å². The molecule has 0 radical (unpaired) electrons. The van der Waals surface area contributed by atoms with Crippen molar-refractivity contribution in [3.63, 3.8) is 0 Å². The second-order valence-electron chi connectivity index (χ2n) is 2.55. The van der Waals surface area contributed by atoms with Crippen LogP contribution in [0.3, 0.4) is 0 Å². The molecule has 0 spiro atoms. The summed E-state index contributed by atoms with van der Waals surface area (Å²) >= 11 is 0. The summed E-state index contributed by atoms with van der Waals surface area (Å²) in [6.45, 7) is 0. The third kappa shape index (κ3) is 1.07. The zero-order chi connectivity index (χ0) is 7.45. The Morgan fingerprint density at radius 2 is 2.00 bits per heavy atom. The lowest BCUT2D eigenvalue weighted by atomic mass is 10.0. The maximum absolute atomic E-state index is 9.88. The first kappa shape index (κ1) is 6.98. The van der Waals surface area contributed by atoms with Gasteiger partial charge in [-0.2, -0.15) is 10.3 Å². The van der Waals surface area contributed by atoms with Crippen LogP contribution in [-0.4, -0.2) is 11.6 Å². The fraction of sp³-hybridized carbons (Fsp3) is 0.714. The summed E-state index contributed by atoms with van der Waals surface area (Å²) < 4.78 is 0. The first-order valence-corrected chi connectivity index (χ1v) is 3.33. The summed E-state index contributed by atoms with van der Waals surface area (Å²) in [4.78, 5) is 13.4. The molecule has 0 aromatic carbocycles. The monoisotopic (exact) mass is 136 g/mol. The third-order valence-electron chi connectivity index (χ3n) is 1.90. The Morgan fingerprint density at radius 3 is 2.40 bits per heavy atom. The van der Waals surface area contributed by atoms with Crippen LogP contribution in [0.5, 0.6) is 0 Å². The molecule has 0 aromatic rings. The van der Waals surface area contributed by atoms with Crippen LogP contribution >= 0.6 is 0 Å². The van der Waals surface area contributed by atoms with Crippen LogP contribution in [-0.2, 0) is 4.79 Å². The van der Waals surface area contributed by atoms with Crippen LogP contribution in [0.4, 0.5) is 0 Å². The number of rotatable bonds is 1. The van der Waals surface area contributed by atoms with Crippen molar-refractivity contribution in [3.8, 4) is 6.07 Å². The smallest absolute Gasteiger partial charge is 0.211 e. The summed E-state index contributed by atoms with van der Waals surface area (Å²) in [6.07, 6.45) is 4.89. The fourth-order valence-electron chi connectivity index (χ4n) is 1.30. The van der Waals surface area contributed by atoms with E-state index in [0.29, 0.717) is 0 Å². The Hall–Kier alpha value is -1.13. The molecule has 0 heterocycles. The Kier molecular flexibility index (Phi) is 1.84. The maximum atomic E-state index is 9.88. The fourth-order valence-corrected chi connectivity index (χ4v) is 1.30. The van der Waals surface area contributed by atoms with Gasteiger partial charge in [-0.05, 0) is 25.7 Å². The van der Waals surface area contributed by atoms with Crippen molar-refractivity contribution < 1.29 is 4.79 Å².